The number of ketones is 1. The zero-order chi connectivity index (χ0) is 17.7. The van der Waals surface area contributed by atoms with Crippen molar-refractivity contribution >= 4 is 33.2 Å². The smallest absolute Gasteiger partial charge is 0.315 e. The van der Waals surface area contributed by atoms with Gasteiger partial charge < -0.3 is 16.0 Å². The summed E-state index contributed by atoms with van der Waals surface area (Å²) >= 11 is 0. The van der Waals surface area contributed by atoms with E-state index in [1.165, 1.54) is 6.92 Å². The van der Waals surface area contributed by atoms with Crippen molar-refractivity contribution in [3.05, 3.63) is 29.8 Å². The first kappa shape index (κ1) is 17.9. The highest BCUT2D eigenvalue weighted by molar-refractivity contribution is 7.91. The fourth-order valence-corrected chi connectivity index (χ4v) is 3.97. The molecule has 0 spiro atoms. The number of Topliss-reactive ketones (excluding diaryl/α,β-unsaturated/α-hetero) is 1. The molecule has 1 fully saturated rings. The Bertz CT molecular complexity index is 743. The molecule has 1 heterocycles. The lowest BCUT2D eigenvalue weighted by Crippen LogP contribution is -2.45. The van der Waals surface area contributed by atoms with E-state index in [0.717, 1.165) is 0 Å². The van der Waals surface area contributed by atoms with Gasteiger partial charge in [-0.3, -0.25) is 9.59 Å². The Hall–Kier alpha value is -2.42. The van der Waals surface area contributed by atoms with Crippen LogP contribution in [0.25, 0.3) is 0 Å². The van der Waals surface area contributed by atoms with Crippen LogP contribution in [0.3, 0.4) is 0 Å². The van der Waals surface area contributed by atoms with Gasteiger partial charge in [0.15, 0.2) is 15.6 Å². The molecule has 9 heteroatoms. The summed E-state index contributed by atoms with van der Waals surface area (Å²) in [7, 11) is -3.07. The van der Waals surface area contributed by atoms with Gasteiger partial charge in [0.2, 0.25) is 5.91 Å². The van der Waals surface area contributed by atoms with Crippen LogP contribution < -0.4 is 16.0 Å². The Morgan fingerprint density at radius 2 is 1.83 bits per heavy atom. The first-order valence-corrected chi connectivity index (χ1v) is 9.23. The molecule has 0 radical (unpaired) electrons. The normalized spacial score (nSPS) is 18.6. The summed E-state index contributed by atoms with van der Waals surface area (Å²) in [5.41, 5.74) is 1.05. The molecule has 1 aromatic carbocycles. The number of urea groups is 1. The van der Waals surface area contributed by atoms with E-state index in [-0.39, 0.29) is 23.8 Å². The molecule has 0 saturated carbocycles. The molecule has 0 bridgehead atoms. The third-order valence-corrected chi connectivity index (χ3v) is 5.32. The summed E-state index contributed by atoms with van der Waals surface area (Å²) in [6.07, 6.45) is 0.379. The SMILES string of the molecule is CC(=O)c1ccc(NC(=O)CNC(=O)NC2CCS(=O)(=O)C2)cc1. The van der Waals surface area contributed by atoms with E-state index in [2.05, 4.69) is 16.0 Å². The van der Waals surface area contributed by atoms with Crippen LogP contribution in [0.1, 0.15) is 23.7 Å². The summed E-state index contributed by atoms with van der Waals surface area (Å²) in [6.45, 7) is 1.20. The van der Waals surface area contributed by atoms with Crippen LogP contribution in [0.15, 0.2) is 24.3 Å². The number of carbonyl (C=O) groups excluding carboxylic acids is 3. The van der Waals surface area contributed by atoms with Crippen LogP contribution in [-0.2, 0) is 14.6 Å². The van der Waals surface area contributed by atoms with E-state index in [1.807, 2.05) is 0 Å². The maximum atomic E-state index is 11.8. The molecule has 1 saturated heterocycles. The molecular formula is C15H19N3O5S. The fraction of sp³-hybridized carbons (Fsp3) is 0.400. The standard InChI is InChI=1S/C15H19N3O5S/c1-10(19)11-2-4-12(5-3-11)17-14(20)8-16-15(21)18-13-6-7-24(22,23)9-13/h2-5,13H,6-9H2,1H3,(H,17,20)(H2,16,18,21). The van der Waals surface area contributed by atoms with Gasteiger partial charge in [0.1, 0.15) is 0 Å². The Morgan fingerprint density at radius 1 is 1.17 bits per heavy atom. The summed E-state index contributed by atoms with van der Waals surface area (Å²) in [5, 5.41) is 7.48. The molecule has 1 atom stereocenters. The van der Waals surface area contributed by atoms with Gasteiger partial charge in [-0.15, -0.1) is 0 Å². The van der Waals surface area contributed by atoms with Crippen molar-refractivity contribution in [3.8, 4) is 0 Å². The summed E-state index contributed by atoms with van der Waals surface area (Å²) in [5.74, 6) is -0.510. The average Bonchev–Trinajstić information content (AvgIpc) is 2.84. The lowest BCUT2D eigenvalue weighted by molar-refractivity contribution is -0.115. The van der Waals surface area contributed by atoms with Gasteiger partial charge in [-0.1, -0.05) is 0 Å². The monoisotopic (exact) mass is 353 g/mol. The van der Waals surface area contributed by atoms with Gasteiger partial charge in [-0.2, -0.15) is 0 Å². The van der Waals surface area contributed by atoms with Gasteiger partial charge in [-0.05, 0) is 37.6 Å². The topological polar surface area (TPSA) is 121 Å². The van der Waals surface area contributed by atoms with Crippen LogP contribution in [0.5, 0.6) is 0 Å². The minimum atomic E-state index is -3.07. The predicted octanol–water partition coefficient (Wildman–Crippen LogP) is 0.314. The van der Waals surface area contributed by atoms with E-state index in [1.54, 1.807) is 24.3 Å². The Labute approximate surface area is 139 Å². The number of carbonyl (C=O) groups is 3. The summed E-state index contributed by atoms with van der Waals surface area (Å²) in [6, 6.07) is 5.38. The minimum absolute atomic E-state index is 0.0642. The minimum Gasteiger partial charge on any atom is -0.334 e. The van der Waals surface area contributed by atoms with Gasteiger partial charge in [-0.25, -0.2) is 13.2 Å². The molecule has 24 heavy (non-hydrogen) atoms. The number of nitrogens with one attached hydrogen (secondary N) is 3. The molecule has 0 aliphatic carbocycles. The van der Waals surface area contributed by atoms with Crippen molar-refractivity contribution in [1.29, 1.82) is 0 Å². The molecular weight excluding hydrogens is 334 g/mol. The number of benzene rings is 1. The van der Waals surface area contributed by atoms with Crippen molar-refractivity contribution in [1.82, 2.24) is 10.6 Å². The van der Waals surface area contributed by atoms with Gasteiger partial charge in [0.25, 0.3) is 0 Å². The largest absolute Gasteiger partial charge is 0.334 e. The highest BCUT2D eigenvalue weighted by Gasteiger charge is 2.28. The molecule has 1 aromatic rings. The van der Waals surface area contributed by atoms with Crippen LogP contribution in [0.4, 0.5) is 10.5 Å². The molecule has 1 aliphatic heterocycles. The molecule has 2 rings (SSSR count). The number of rotatable bonds is 5. The predicted molar refractivity (Wildman–Crippen MR) is 88.7 cm³/mol. The number of amides is 3. The Balaban J connectivity index is 1.74. The lowest BCUT2D eigenvalue weighted by Gasteiger charge is -2.12. The zero-order valence-electron chi connectivity index (χ0n) is 13.2. The molecule has 0 aromatic heterocycles. The Morgan fingerprint density at radius 3 is 2.38 bits per heavy atom. The average molecular weight is 353 g/mol. The van der Waals surface area contributed by atoms with Crippen molar-refractivity contribution in [2.75, 3.05) is 23.4 Å². The van der Waals surface area contributed by atoms with E-state index < -0.39 is 27.8 Å². The second-order valence-corrected chi connectivity index (χ2v) is 7.84. The van der Waals surface area contributed by atoms with Crippen molar-refractivity contribution in [2.45, 2.75) is 19.4 Å². The fourth-order valence-electron chi connectivity index (χ4n) is 2.30. The summed E-state index contributed by atoms with van der Waals surface area (Å²) < 4.78 is 22.6. The maximum absolute atomic E-state index is 11.8. The second-order valence-electron chi connectivity index (χ2n) is 5.61. The molecule has 1 unspecified atom stereocenters. The molecule has 130 valence electrons. The number of hydrogen-bond donors (Lipinski definition) is 3. The van der Waals surface area contributed by atoms with Crippen LogP contribution in [0.2, 0.25) is 0 Å². The van der Waals surface area contributed by atoms with E-state index in [9.17, 15) is 22.8 Å². The summed E-state index contributed by atoms with van der Waals surface area (Å²) in [4.78, 5) is 34.6. The molecule has 8 nitrogen and oxygen atoms in total. The molecule has 3 N–H and O–H groups in total. The first-order valence-electron chi connectivity index (χ1n) is 7.41. The maximum Gasteiger partial charge on any atom is 0.315 e. The first-order chi connectivity index (χ1) is 11.2. The number of hydrogen-bond acceptors (Lipinski definition) is 5. The third-order valence-electron chi connectivity index (χ3n) is 3.55. The van der Waals surface area contributed by atoms with Crippen molar-refractivity contribution in [2.24, 2.45) is 0 Å². The van der Waals surface area contributed by atoms with Crippen LogP contribution in [-0.4, -0.2) is 50.2 Å². The molecule has 3 amide bonds. The van der Waals surface area contributed by atoms with Crippen LogP contribution in [0, 0.1) is 0 Å². The highest BCUT2D eigenvalue weighted by atomic mass is 32.2. The van der Waals surface area contributed by atoms with E-state index in [4.69, 9.17) is 0 Å². The van der Waals surface area contributed by atoms with E-state index >= 15 is 0 Å². The van der Waals surface area contributed by atoms with Gasteiger partial charge >= 0.3 is 6.03 Å². The highest BCUT2D eigenvalue weighted by Crippen LogP contribution is 2.11. The number of sulfone groups is 1. The van der Waals surface area contributed by atoms with Crippen LogP contribution >= 0.6 is 0 Å². The second kappa shape index (κ2) is 7.43. The van der Waals surface area contributed by atoms with Crippen molar-refractivity contribution in [3.63, 3.8) is 0 Å². The van der Waals surface area contributed by atoms with Gasteiger partial charge in [0, 0.05) is 17.3 Å². The zero-order valence-corrected chi connectivity index (χ0v) is 14.0. The quantitative estimate of drug-likeness (QED) is 0.658. The third kappa shape index (κ3) is 5.34. The lowest BCUT2D eigenvalue weighted by atomic mass is 10.1. The molecule has 1 aliphatic rings. The Kier molecular flexibility index (Phi) is 5.55. The number of anilines is 1. The van der Waals surface area contributed by atoms with Gasteiger partial charge in [0.05, 0.1) is 18.1 Å². The van der Waals surface area contributed by atoms with E-state index in [0.29, 0.717) is 17.7 Å². The van der Waals surface area contributed by atoms with Crippen molar-refractivity contribution < 1.29 is 22.8 Å².